The van der Waals surface area contributed by atoms with Crippen LogP contribution in [0.5, 0.6) is 0 Å². The van der Waals surface area contributed by atoms with Gasteiger partial charge in [0.2, 0.25) is 5.95 Å². The Balaban J connectivity index is 1.83. The van der Waals surface area contributed by atoms with Gasteiger partial charge < -0.3 is 14.4 Å². The highest BCUT2D eigenvalue weighted by atomic mass is 32.2. The molecule has 1 aromatic carbocycles. The molecule has 0 N–H and O–H groups in total. The summed E-state index contributed by atoms with van der Waals surface area (Å²) in [7, 11) is 0. The summed E-state index contributed by atoms with van der Waals surface area (Å²) in [6.07, 6.45) is 0.250. The van der Waals surface area contributed by atoms with Gasteiger partial charge in [-0.2, -0.15) is 0 Å². The summed E-state index contributed by atoms with van der Waals surface area (Å²) in [6.45, 7) is 10.0. The van der Waals surface area contributed by atoms with E-state index in [4.69, 9.17) is 9.47 Å². The third-order valence-electron chi connectivity index (χ3n) is 3.97. The molecule has 0 bridgehead atoms. The Morgan fingerprint density at radius 1 is 1.16 bits per heavy atom. The minimum Gasteiger partial charge on any atom is -0.378 e. The number of anilines is 1. The molecule has 6 nitrogen and oxygen atoms in total. The molecule has 0 radical (unpaired) electrons. The standard InChI is InChI=1S/C18H26N4O2S/c1-14(2)24-12-13-25-18-20-19-17(21-8-10-23-11-9-21)22(18)16-6-4-15(3)5-7-16/h4-7,14H,8-13H2,1-3H3. The van der Waals surface area contributed by atoms with Gasteiger partial charge >= 0.3 is 0 Å². The largest absolute Gasteiger partial charge is 0.378 e. The molecule has 0 unspecified atom stereocenters. The SMILES string of the molecule is Cc1ccc(-n2c(SCCOC(C)C)nnc2N2CCOCC2)cc1. The number of morpholine rings is 1. The van der Waals surface area contributed by atoms with E-state index in [-0.39, 0.29) is 6.10 Å². The van der Waals surface area contributed by atoms with Crippen LogP contribution in [0.3, 0.4) is 0 Å². The van der Waals surface area contributed by atoms with Crippen LogP contribution in [0.15, 0.2) is 29.4 Å². The minimum atomic E-state index is 0.250. The lowest BCUT2D eigenvalue weighted by Gasteiger charge is -2.28. The maximum absolute atomic E-state index is 5.64. The Morgan fingerprint density at radius 3 is 2.56 bits per heavy atom. The van der Waals surface area contributed by atoms with Crippen LogP contribution in [-0.2, 0) is 9.47 Å². The van der Waals surface area contributed by atoms with Crippen molar-refractivity contribution < 1.29 is 9.47 Å². The number of aromatic nitrogens is 3. The van der Waals surface area contributed by atoms with Gasteiger partial charge in [-0.1, -0.05) is 29.5 Å². The van der Waals surface area contributed by atoms with Crippen LogP contribution in [-0.4, -0.2) is 59.5 Å². The molecule has 0 spiro atoms. The number of aryl methyl sites for hydroxylation is 1. The number of benzene rings is 1. The molecule has 0 saturated carbocycles. The van der Waals surface area contributed by atoms with Crippen molar-refractivity contribution in [1.82, 2.24) is 14.8 Å². The van der Waals surface area contributed by atoms with E-state index >= 15 is 0 Å². The van der Waals surface area contributed by atoms with E-state index in [1.807, 2.05) is 0 Å². The molecule has 1 aliphatic rings. The highest BCUT2D eigenvalue weighted by Gasteiger charge is 2.21. The van der Waals surface area contributed by atoms with Gasteiger partial charge in [-0.15, -0.1) is 10.2 Å². The van der Waals surface area contributed by atoms with Gasteiger partial charge in [0, 0.05) is 18.8 Å². The van der Waals surface area contributed by atoms with Crippen LogP contribution in [0.1, 0.15) is 19.4 Å². The van der Waals surface area contributed by atoms with Crippen molar-refractivity contribution in [1.29, 1.82) is 0 Å². The number of nitrogens with zero attached hydrogens (tertiary/aromatic N) is 4. The van der Waals surface area contributed by atoms with Crippen molar-refractivity contribution in [3.63, 3.8) is 0 Å². The Bertz CT molecular complexity index is 666. The quantitative estimate of drug-likeness (QED) is 0.558. The second-order valence-corrected chi connectivity index (χ2v) is 7.38. The Morgan fingerprint density at radius 2 is 1.88 bits per heavy atom. The highest BCUT2D eigenvalue weighted by Crippen LogP contribution is 2.27. The lowest BCUT2D eigenvalue weighted by molar-refractivity contribution is 0.0920. The second-order valence-electron chi connectivity index (χ2n) is 6.32. The molecule has 7 heteroatoms. The maximum atomic E-state index is 5.64. The molecular weight excluding hydrogens is 336 g/mol. The third-order valence-corrected chi connectivity index (χ3v) is 4.86. The van der Waals surface area contributed by atoms with Crippen LogP contribution in [0.2, 0.25) is 0 Å². The van der Waals surface area contributed by atoms with E-state index in [9.17, 15) is 0 Å². The molecule has 25 heavy (non-hydrogen) atoms. The molecule has 136 valence electrons. The topological polar surface area (TPSA) is 52.4 Å². The number of rotatable bonds is 7. The second kappa shape index (κ2) is 8.69. The van der Waals surface area contributed by atoms with Crippen LogP contribution in [0.4, 0.5) is 5.95 Å². The zero-order valence-electron chi connectivity index (χ0n) is 15.1. The molecule has 0 atom stereocenters. The first kappa shape index (κ1) is 18.2. The summed E-state index contributed by atoms with van der Waals surface area (Å²) in [4.78, 5) is 2.24. The average Bonchev–Trinajstić information content (AvgIpc) is 3.04. The summed E-state index contributed by atoms with van der Waals surface area (Å²) >= 11 is 1.68. The molecule has 1 saturated heterocycles. The van der Waals surface area contributed by atoms with Gasteiger partial charge in [-0.3, -0.25) is 4.57 Å². The number of hydrogen-bond acceptors (Lipinski definition) is 6. The van der Waals surface area contributed by atoms with Gasteiger partial charge in [0.05, 0.1) is 31.6 Å². The molecule has 1 fully saturated rings. The van der Waals surface area contributed by atoms with Crippen molar-refractivity contribution in [2.24, 2.45) is 0 Å². The first-order valence-electron chi connectivity index (χ1n) is 8.74. The summed E-state index contributed by atoms with van der Waals surface area (Å²) in [6, 6.07) is 8.48. The molecule has 1 aromatic heterocycles. The summed E-state index contributed by atoms with van der Waals surface area (Å²) in [5.41, 5.74) is 2.33. The number of ether oxygens (including phenoxy) is 2. The number of thioether (sulfide) groups is 1. The van der Waals surface area contributed by atoms with Crippen molar-refractivity contribution in [2.45, 2.75) is 32.0 Å². The molecule has 2 heterocycles. The molecule has 2 aromatic rings. The fraction of sp³-hybridized carbons (Fsp3) is 0.556. The fourth-order valence-electron chi connectivity index (χ4n) is 2.66. The van der Waals surface area contributed by atoms with Crippen LogP contribution >= 0.6 is 11.8 Å². The molecule has 1 aliphatic heterocycles. The summed E-state index contributed by atoms with van der Waals surface area (Å²) in [5.74, 6) is 1.74. The monoisotopic (exact) mass is 362 g/mol. The van der Waals surface area contributed by atoms with Gasteiger partial charge in [0.25, 0.3) is 0 Å². The summed E-state index contributed by atoms with van der Waals surface area (Å²) in [5, 5.41) is 9.82. The maximum Gasteiger partial charge on any atom is 0.232 e. The lowest BCUT2D eigenvalue weighted by Crippen LogP contribution is -2.37. The van der Waals surface area contributed by atoms with Crippen LogP contribution in [0.25, 0.3) is 5.69 Å². The smallest absolute Gasteiger partial charge is 0.232 e. The van der Waals surface area contributed by atoms with Gasteiger partial charge in [0.15, 0.2) is 5.16 Å². The predicted molar refractivity (Wildman–Crippen MR) is 101 cm³/mol. The van der Waals surface area contributed by atoms with Crippen LogP contribution in [0, 0.1) is 6.92 Å². The Kier molecular flexibility index (Phi) is 6.34. The van der Waals surface area contributed by atoms with E-state index in [2.05, 4.69) is 64.7 Å². The van der Waals surface area contributed by atoms with E-state index < -0.39 is 0 Å². The van der Waals surface area contributed by atoms with E-state index in [1.165, 1.54) is 5.56 Å². The van der Waals surface area contributed by atoms with Crippen molar-refractivity contribution >= 4 is 17.7 Å². The summed E-state index contributed by atoms with van der Waals surface area (Å²) < 4.78 is 13.3. The molecule has 0 amide bonds. The van der Waals surface area contributed by atoms with E-state index in [0.29, 0.717) is 6.61 Å². The minimum absolute atomic E-state index is 0.250. The average molecular weight is 362 g/mol. The van der Waals surface area contributed by atoms with E-state index in [0.717, 1.165) is 48.8 Å². The zero-order chi connectivity index (χ0) is 17.6. The lowest BCUT2D eigenvalue weighted by atomic mass is 10.2. The van der Waals surface area contributed by atoms with Crippen molar-refractivity contribution in [3.8, 4) is 5.69 Å². The van der Waals surface area contributed by atoms with E-state index in [1.54, 1.807) is 11.8 Å². The third kappa shape index (κ3) is 4.74. The fourth-order valence-corrected chi connectivity index (χ4v) is 3.44. The zero-order valence-corrected chi connectivity index (χ0v) is 16.0. The van der Waals surface area contributed by atoms with Gasteiger partial charge in [-0.25, -0.2) is 0 Å². The highest BCUT2D eigenvalue weighted by molar-refractivity contribution is 7.99. The predicted octanol–water partition coefficient (Wildman–Crippen LogP) is 2.93. The van der Waals surface area contributed by atoms with Crippen molar-refractivity contribution in [2.75, 3.05) is 43.6 Å². The Hall–Kier alpha value is -1.57. The first-order valence-corrected chi connectivity index (χ1v) is 9.73. The van der Waals surface area contributed by atoms with Gasteiger partial charge in [0.1, 0.15) is 0 Å². The molecular formula is C18H26N4O2S. The molecule has 3 rings (SSSR count). The molecule has 0 aliphatic carbocycles. The Labute approximate surface area is 153 Å². The normalized spacial score (nSPS) is 15.1. The van der Waals surface area contributed by atoms with Crippen molar-refractivity contribution in [3.05, 3.63) is 29.8 Å². The number of hydrogen-bond donors (Lipinski definition) is 0. The van der Waals surface area contributed by atoms with Crippen LogP contribution < -0.4 is 4.90 Å². The first-order chi connectivity index (χ1) is 12.1. The van der Waals surface area contributed by atoms with Gasteiger partial charge in [-0.05, 0) is 32.9 Å².